The molecule has 2 heterocycles. The minimum atomic E-state index is -0.908. The average Bonchev–Trinajstić information content (AvgIpc) is 3.34. The van der Waals surface area contributed by atoms with Crippen molar-refractivity contribution >= 4 is 33.9 Å². The van der Waals surface area contributed by atoms with Gasteiger partial charge in [-0.05, 0) is 35.3 Å². The Morgan fingerprint density at radius 3 is 2.21 bits per heavy atom. The monoisotopic (exact) mass is 600 g/mol. The minimum absolute atomic E-state index is 0.0588. The van der Waals surface area contributed by atoms with Gasteiger partial charge in [0.25, 0.3) is 5.56 Å². The van der Waals surface area contributed by atoms with Gasteiger partial charge in [-0.1, -0.05) is 52.3 Å². The predicted molar refractivity (Wildman–Crippen MR) is 143 cm³/mol. The van der Waals surface area contributed by atoms with Crippen LogP contribution >= 0.6 is 15.9 Å². The summed E-state index contributed by atoms with van der Waals surface area (Å²) >= 11 is 3.11. The van der Waals surface area contributed by atoms with Gasteiger partial charge < -0.3 is 23.7 Å². The van der Waals surface area contributed by atoms with E-state index in [0.29, 0.717) is 11.5 Å². The number of nitrogens with one attached hydrogen (secondary N) is 1. The van der Waals surface area contributed by atoms with Crippen molar-refractivity contribution in [1.82, 2.24) is 9.55 Å². The van der Waals surface area contributed by atoms with Gasteiger partial charge >= 0.3 is 17.6 Å². The van der Waals surface area contributed by atoms with Gasteiger partial charge in [0.05, 0.1) is 5.56 Å². The molecule has 12 heteroatoms. The van der Waals surface area contributed by atoms with Gasteiger partial charge in [-0.15, -0.1) is 0 Å². The highest BCUT2D eigenvalue weighted by Gasteiger charge is 2.40. The fourth-order valence-corrected chi connectivity index (χ4v) is 4.07. The smallest absolute Gasteiger partial charge is 0.344 e. The number of ether oxygens (including phenoxy) is 5. The Balaban J connectivity index is 1.43. The first-order valence-electron chi connectivity index (χ1n) is 11.9. The SMILES string of the molecule is O=C(COc1ccccc1)OC[C@H]1O[C@@H](n2cc(/C=C/Br)c(=O)[nH]c2=O)C[C@@H]1OC(=O)COc1ccccc1. The van der Waals surface area contributed by atoms with Gasteiger partial charge in [0.2, 0.25) is 0 Å². The normalized spacial score (nSPS) is 18.5. The van der Waals surface area contributed by atoms with Crippen molar-refractivity contribution in [3.63, 3.8) is 0 Å². The molecule has 1 fully saturated rings. The largest absolute Gasteiger partial charge is 0.482 e. The Kier molecular flexibility index (Phi) is 9.70. The van der Waals surface area contributed by atoms with E-state index >= 15 is 0 Å². The van der Waals surface area contributed by atoms with Crippen molar-refractivity contribution in [2.75, 3.05) is 19.8 Å². The highest BCUT2D eigenvalue weighted by atomic mass is 79.9. The van der Waals surface area contributed by atoms with Crippen molar-refractivity contribution in [2.24, 2.45) is 0 Å². The van der Waals surface area contributed by atoms with E-state index in [9.17, 15) is 19.2 Å². The van der Waals surface area contributed by atoms with Crippen LogP contribution in [0.3, 0.4) is 0 Å². The third-order valence-corrected chi connectivity index (χ3v) is 5.88. The summed E-state index contributed by atoms with van der Waals surface area (Å²) in [4.78, 5) is 53.1. The molecular weight excluding hydrogens is 576 g/mol. The van der Waals surface area contributed by atoms with E-state index in [2.05, 4.69) is 20.9 Å². The van der Waals surface area contributed by atoms with E-state index in [-0.39, 0.29) is 31.8 Å². The topological polar surface area (TPSA) is 135 Å². The van der Waals surface area contributed by atoms with E-state index in [1.54, 1.807) is 48.5 Å². The van der Waals surface area contributed by atoms with E-state index in [1.165, 1.54) is 21.8 Å². The highest BCUT2D eigenvalue weighted by molar-refractivity contribution is 9.11. The number of carbonyl (C=O) groups is 2. The molecule has 0 saturated carbocycles. The number of rotatable bonds is 11. The number of hydrogen-bond acceptors (Lipinski definition) is 9. The lowest BCUT2D eigenvalue weighted by atomic mass is 10.2. The second kappa shape index (κ2) is 13.6. The third-order valence-electron chi connectivity index (χ3n) is 5.62. The van der Waals surface area contributed by atoms with Gasteiger partial charge in [0.15, 0.2) is 13.2 Å². The van der Waals surface area contributed by atoms with Gasteiger partial charge in [-0.2, -0.15) is 0 Å². The molecule has 204 valence electrons. The summed E-state index contributed by atoms with van der Waals surface area (Å²) in [6, 6.07) is 17.5. The van der Waals surface area contributed by atoms with Crippen molar-refractivity contribution in [2.45, 2.75) is 24.9 Å². The molecule has 2 aromatic carbocycles. The van der Waals surface area contributed by atoms with Crippen LogP contribution in [-0.2, 0) is 23.8 Å². The molecule has 1 aromatic heterocycles. The molecule has 0 aliphatic carbocycles. The number of aromatic amines is 1. The zero-order chi connectivity index (χ0) is 27.6. The Bertz CT molecular complexity index is 1410. The van der Waals surface area contributed by atoms with E-state index in [4.69, 9.17) is 23.7 Å². The molecule has 1 saturated heterocycles. The molecule has 0 radical (unpaired) electrons. The number of halogens is 1. The maximum atomic E-state index is 12.5. The summed E-state index contributed by atoms with van der Waals surface area (Å²) in [6.07, 6.45) is 0.179. The van der Waals surface area contributed by atoms with E-state index in [0.717, 1.165) is 0 Å². The van der Waals surface area contributed by atoms with Gasteiger partial charge in [-0.25, -0.2) is 14.4 Å². The molecule has 1 aliphatic heterocycles. The number of carbonyl (C=O) groups excluding carboxylic acids is 2. The fourth-order valence-electron chi connectivity index (χ4n) is 3.78. The zero-order valence-electron chi connectivity index (χ0n) is 20.6. The van der Waals surface area contributed by atoms with Crippen LogP contribution < -0.4 is 20.7 Å². The minimum Gasteiger partial charge on any atom is -0.482 e. The lowest BCUT2D eigenvalue weighted by molar-refractivity contribution is -0.160. The van der Waals surface area contributed by atoms with Crippen molar-refractivity contribution in [3.05, 3.63) is 98.2 Å². The summed E-state index contributed by atoms with van der Waals surface area (Å²) in [5, 5.41) is 0. The third kappa shape index (κ3) is 7.91. The molecule has 0 unspecified atom stereocenters. The number of H-pyrrole nitrogens is 1. The lowest BCUT2D eigenvalue weighted by Gasteiger charge is -2.19. The van der Waals surface area contributed by atoms with Gasteiger partial charge in [0.1, 0.15) is 36.5 Å². The number of benzene rings is 2. The zero-order valence-corrected chi connectivity index (χ0v) is 22.2. The van der Waals surface area contributed by atoms with Crippen molar-refractivity contribution in [3.8, 4) is 11.5 Å². The second-order valence-corrected chi connectivity index (χ2v) is 8.85. The molecular formula is C27H25BrN2O9. The molecule has 4 rings (SSSR count). The standard InChI is InChI=1S/C27H25BrN2O9/c28-12-11-18-14-30(27(34)29-26(18)33)23-13-21(39-25(32)17-36-20-9-5-2-6-10-20)22(38-23)15-37-24(31)16-35-19-7-3-1-4-8-19/h1-12,14,21-23H,13,15-17H2,(H,29,33,34)/b12-11+/t21-,22+,23+/m0/s1. The molecule has 0 amide bonds. The molecule has 0 bridgehead atoms. The number of hydrogen-bond donors (Lipinski definition) is 1. The Labute approximate surface area is 231 Å². The Morgan fingerprint density at radius 2 is 1.59 bits per heavy atom. The average molecular weight is 601 g/mol. The highest BCUT2D eigenvalue weighted by Crippen LogP contribution is 2.30. The van der Waals surface area contributed by atoms with E-state index < -0.39 is 41.6 Å². The molecule has 39 heavy (non-hydrogen) atoms. The molecule has 1 aliphatic rings. The second-order valence-electron chi connectivity index (χ2n) is 8.32. The molecule has 0 spiro atoms. The summed E-state index contributed by atoms with van der Waals surface area (Å²) in [5.41, 5.74) is -1.08. The van der Waals surface area contributed by atoms with Crippen LogP contribution in [0.4, 0.5) is 0 Å². The number of esters is 2. The van der Waals surface area contributed by atoms with Gasteiger partial charge in [0, 0.05) is 12.6 Å². The summed E-state index contributed by atoms with van der Waals surface area (Å²) in [7, 11) is 0. The Morgan fingerprint density at radius 1 is 0.974 bits per heavy atom. The molecule has 11 nitrogen and oxygen atoms in total. The van der Waals surface area contributed by atoms with Crippen LogP contribution in [0.25, 0.3) is 6.08 Å². The first kappa shape index (κ1) is 27.9. The fraction of sp³-hybridized carbons (Fsp3) is 0.259. The molecule has 3 atom stereocenters. The van der Waals surface area contributed by atoms with E-state index in [1.807, 2.05) is 12.1 Å². The first-order chi connectivity index (χ1) is 18.9. The molecule has 1 N–H and O–H groups in total. The molecule has 3 aromatic rings. The maximum Gasteiger partial charge on any atom is 0.344 e. The maximum absolute atomic E-state index is 12.5. The van der Waals surface area contributed by atoms with Crippen LogP contribution in [0.1, 0.15) is 18.2 Å². The summed E-state index contributed by atoms with van der Waals surface area (Å²) < 4.78 is 28.9. The lowest BCUT2D eigenvalue weighted by Crippen LogP contribution is -2.34. The number of nitrogens with zero attached hydrogens (tertiary/aromatic N) is 1. The quantitative estimate of drug-likeness (QED) is 0.329. The Hall–Kier alpha value is -4.16. The van der Waals surface area contributed by atoms with Crippen molar-refractivity contribution in [1.29, 1.82) is 0 Å². The number of aromatic nitrogens is 2. The van der Waals surface area contributed by atoms with Crippen LogP contribution in [0, 0.1) is 0 Å². The van der Waals surface area contributed by atoms with Crippen LogP contribution in [0.5, 0.6) is 11.5 Å². The summed E-state index contributed by atoms with van der Waals surface area (Å²) in [5.74, 6) is -0.336. The van der Waals surface area contributed by atoms with Gasteiger partial charge in [-0.3, -0.25) is 14.3 Å². The summed E-state index contributed by atoms with van der Waals surface area (Å²) in [6.45, 7) is -0.963. The van der Waals surface area contributed by atoms with Crippen LogP contribution in [0.15, 0.2) is 81.4 Å². The van der Waals surface area contributed by atoms with Crippen LogP contribution in [0.2, 0.25) is 0 Å². The predicted octanol–water partition coefficient (Wildman–Crippen LogP) is 2.80. The van der Waals surface area contributed by atoms with Crippen LogP contribution in [-0.4, -0.2) is 53.5 Å². The van der Waals surface area contributed by atoms with Crippen molar-refractivity contribution < 1.29 is 33.3 Å². The first-order valence-corrected chi connectivity index (χ1v) is 12.8. The number of para-hydroxylation sites is 2.